The fourth-order valence-corrected chi connectivity index (χ4v) is 3.14. The first-order valence-electron chi connectivity index (χ1n) is 7.33. The Morgan fingerprint density at radius 2 is 1.86 bits per heavy atom. The molecule has 1 aromatic carbocycles. The molecule has 5 heteroatoms. The molecule has 1 saturated carbocycles. The van der Waals surface area contributed by atoms with Crippen molar-refractivity contribution in [2.45, 2.75) is 50.5 Å². The lowest BCUT2D eigenvalue weighted by Crippen LogP contribution is -2.46. The zero-order valence-corrected chi connectivity index (χ0v) is 14.0. The molecule has 0 spiro atoms. The van der Waals surface area contributed by atoms with Gasteiger partial charge in [-0.25, -0.2) is 0 Å². The van der Waals surface area contributed by atoms with Crippen LogP contribution < -0.4 is 11.1 Å². The largest absolute Gasteiger partial charge is 0.354 e. The molecular weight excluding hydrogens is 307 g/mol. The third kappa shape index (κ3) is 4.60. The molecule has 1 aliphatic rings. The highest BCUT2D eigenvalue weighted by molar-refractivity contribution is 6.30. The Morgan fingerprint density at radius 3 is 2.38 bits per heavy atom. The number of carbonyl (C=O) groups is 1. The summed E-state index contributed by atoms with van der Waals surface area (Å²) in [7, 11) is 0. The summed E-state index contributed by atoms with van der Waals surface area (Å²) in [5.41, 5.74) is 6.93. The van der Waals surface area contributed by atoms with E-state index in [2.05, 4.69) is 17.4 Å². The molecule has 3 N–H and O–H groups in total. The Morgan fingerprint density at radius 1 is 1.29 bits per heavy atom. The molecule has 1 amide bonds. The maximum atomic E-state index is 11.8. The first-order chi connectivity index (χ1) is 9.53. The zero-order valence-electron chi connectivity index (χ0n) is 12.4. The van der Waals surface area contributed by atoms with Crippen molar-refractivity contribution < 1.29 is 4.79 Å². The van der Waals surface area contributed by atoms with E-state index in [0.29, 0.717) is 6.54 Å². The SMILES string of the molecule is C[C@@H](N)C(=O)NCC1(c2ccc(Cl)cc2)CCCCC1.Cl. The number of rotatable bonds is 4. The van der Waals surface area contributed by atoms with Crippen molar-refractivity contribution in [1.29, 1.82) is 0 Å². The smallest absolute Gasteiger partial charge is 0.236 e. The molecule has 0 aromatic heterocycles. The van der Waals surface area contributed by atoms with Crippen LogP contribution in [0.4, 0.5) is 0 Å². The van der Waals surface area contributed by atoms with Crippen LogP contribution in [0.2, 0.25) is 5.02 Å². The van der Waals surface area contributed by atoms with Crippen molar-refractivity contribution in [1.82, 2.24) is 5.32 Å². The van der Waals surface area contributed by atoms with Crippen LogP contribution in [-0.2, 0) is 10.2 Å². The van der Waals surface area contributed by atoms with Crippen LogP contribution in [0.3, 0.4) is 0 Å². The van der Waals surface area contributed by atoms with Crippen LogP contribution in [0.1, 0.15) is 44.6 Å². The van der Waals surface area contributed by atoms with Crippen LogP contribution in [0, 0.1) is 0 Å². The summed E-state index contributed by atoms with van der Waals surface area (Å²) in [5.74, 6) is -0.0797. The van der Waals surface area contributed by atoms with Gasteiger partial charge in [-0.2, -0.15) is 0 Å². The molecule has 1 atom stereocenters. The lowest BCUT2D eigenvalue weighted by Gasteiger charge is -2.38. The third-order valence-corrected chi connectivity index (χ3v) is 4.53. The number of amides is 1. The molecule has 0 bridgehead atoms. The minimum Gasteiger partial charge on any atom is -0.354 e. The minimum atomic E-state index is -0.458. The Kier molecular flexibility index (Phi) is 6.98. The van der Waals surface area contributed by atoms with Gasteiger partial charge in [-0.05, 0) is 37.5 Å². The first-order valence-corrected chi connectivity index (χ1v) is 7.71. The predicted molar refractivity (Wildman–Crippen MR) is 90.1 cm³/mol. The fraction of sp³-hybridized carbons (Fsp3) is 0.562. The lowest BCUT2D eigenvalue weighted by molar-refractivity contribution is -0.122. The van der Waals surface area contributed by atoms with Gasteiger partial charge in [0.05, 0.1) is 6.04 Å². The van der Waals surface area contributed by atoms with Crippen molar-refractivity contribution in [3.8, 4) is 0 Å². The molecule has 2 rings (SSSR count). The molecule has 1 aliphatic carbocycles. The summed E-state index contributed by atoms with van der Waals surface area (Å²) in [6.45, 7) is 2.38. The quantitative estimate of drug-likeness (QED) is 0.888. The van der Waals surface area contributed by atoms with Crippen LogP contribution >= 0.6 is 24.0 Å². The second kappa shape index (κ2) is 8.02. The van der Waals surface area contributed by atoms with E-state index < -0.39 is 6.04 Å². The summed E-state index contributed by atoms with van der Waals surface area (Å²) < 4.78 is 0. The molecule has 0 saturated heterocycles. The van der Waals surface area contributed by atoms with Crippen molar-refractivity contribution in [2.24, 2.45) is 5.73 Å². The van der Waals surface area contributed by atoms with Crippen molar-refractivity contribution >= 4 is 29.9 Å². The van der Waals surface area contributed by atoms with E-state index >= 15 is 0 Å². The van der Waals surface area contributed by atoms with Crippen molar-refractivity contribution in [3.63, 3.8) is 0 Å². The second-order valence-corrected chi connectivity index (χ2v) is 6.29. The summed E-state index contributed by atoms with van der Waals surface area (Å²) in [5, 5.41) is 3.76. The monoisotopic (exact) mass is 330 g/mol. The number of nitrogens with two attached hydrogens (primary N) is 1. The molecule has 118 valence electrons. The summed E-state index contributed by atoms with van der Waals surface area (Å²) >= 11 is 5.98. The Labute approximate surface area is 138 Å². The van der Waals surface area contributed by atoms with Gasteiger partial charge in [-0.3, -0.25) is 4.79 Å². The standard InChI is InChI=1S/C16H23ClN2O.ClH/c1-12(18)15(20)19-11-16(9-3-2-4-10-16)13-5-7-14(17)8-6-13;/h5-8,12H,2-4,9-11,18H2,1H3,(H,19,20);1H/t12-;/m1./s1. The Bertz CT molecular complexity index is 454. The van der Waals surface area contributed by atoms with E-state index in [9.17, 15) is 4.79 Å². The van der Waals surface area contributed by atoms with Gasteiger partial charge >= 0.3 is 0 Å². The number of benzene rings is 1. The normalized spacial score (nSPS) is 18.4. The van der Waals surface area contributed by atoms with Crippen LogP contribution in [0.25, 0.3) is 0 Å². The first kappa shape index (κ1) is 18.3. The van der Waals surface area contributed by atoms with Gasteiger partial charge in [0.25, 0.3) is 0 Å². The summed E-state index contributed by atoms with van der Waals surface area (Å²) in [4.78, 5) is 11.8. The molecule has 0 radical (unpaired) electrons. The van der Waals surface area contributed by atoms with Crippen LogP contribution in [0.5, 0.6) is 0 Å². The molecular formula is C16H24Cl2N2O. The molecule has 3 nitrogen and oxygen atoms in total. The second-order valence-electron chi connectivity index (χ2n) is 5.85. The number of hydrogen-bond acceptors (Lipinski definition) is 2. The Balaban J connectivity index is 0.00000220. The number of carbonyl (C=O) groups excluding carboxylic acids is 1. The number of halogens is 2. The number of nitrogens with one attached hydrogen (secondary N) is 1. The highest BCUT2D eigenvalue weighted by atomic mass is 35.5. The number of hydrogen-bond donors (Lipinski definition) is 2. The van der Waals surface area contributed by atoms with E-state index in [4.69, 9.17) is 17.3 Å². The minimum absolute atomic E-state index is 0. The summed E-state index contributed by atoms with van der Waals surface area (Å²) in [6.07, 6.45) is 5.89. The van der Waals surface area contributed by atoms with Gasteiger partial charge in [0.15, 0.2) is 0 Å². The average molecular weight is 331 g/mol. The van der Waals surface area contributed by atoms with E-state index in [1.165, 1.54) is 24.8 Å². The van der Waals surface area contributed by atoms with E-state index in [1.54, 1.807) is 6.92 Å². The van der Waals surface area contributed by atoms with Gasteiger partial charge in [0.1, 0.15) is 0 Å². The van der Waals surface area contributed by atoms with Gasteiger partial charge in [-0.15, -0.1) is 12.4 Å². The lowest BCUT2D eigenvalue weighted by atomic mass is 9.69. The van der Waals surface area contributed by atoms with Gasteiger partial charge < -0.3 is 11.1 Å². The molecule has 0 heterocycles. The van der Waals surface area contributed by atoms with E-state index in [0.717, 1.165) is 17.9 Å². The van der Waals surface area contributed by atoms with Gasteiger partial charge in [0, 0.05) is 17.0 Å². The maximum Gasteiger partial charge on any atom is 0.236 e. The molecule has 0 unspecified atom stereocenters. The molecule has 1 aromatic rings. The zero-order chi connectivity index (χ0) is 14.6. The average Bonchev–Trinajstić information content (AvgIpc) is 2.46. The highest BCUT2D eigenvalue weighted by Crippen LogP contribution is 2.39. The van der Waals surface area contributed by atoms with Crippen LogP contribution in [0.15, 0.2) is 24.3 Å². The van der Waals surface area contributed by atoms with Crippen LogP contribution in [-0.4, -0.2) is 18.5 Å². The molecule has 21 heavy (non-hydrogen) atoms. The Hall–Kier alpha value is -0.770. The predicted octanol–water partition coefficient (Wildman–Crippen LogP) is 3.43. The maximum absolute atomic E-state index is 11.8. The van der Waals surface area contributed by atoms with Gasteiger partial charge in [-0.1, -0.05) is 43.0 Å². The molecule has 1 fully saturated rings. The van der Waals surface area contributed by atoms with Gasteiger partial charge in [0.2, 0.25) is 5.91 Å². The fourth-order valence-electron chi connectivity index (χ4n) is 3.02. The highest BCUT2D eigenvalue weighted by Gasteiger charge is 2.34. The van der Waals surface area contributed by atoms with E-state index in [-0.39, 0.29) is 23.7 Å². The third-order valence-electron chi connectivity index (χ3n) is 4.28. The van der Waals surface area contributed by atoms with Crippen molar-refractivity contribution in [2.75, 3.05) is 6.54 Å². The topological polar surface area (TPSA) is 55.1 Å². The summed E-state index contributed by atoms with van der Waals surface area (Å²) in [6, 6.07) is 7.58. The molecule has 0 aliphatic heterocycles. The van der Waals surface area contributed by atoms with Crippen molar-refractivity contribution in [3.05, 3.63) is 34.9 Å². The van der Waals surface area contributed by atoms with E-state index in [1.807, 2.05) is 12.1 Å².